The van der Waals surface area contributed by atoms with Crippen molar-refractivity contribution in [2.24, 2.45) is 11.8 Å². The number of hydrogen-bond acceptors (Lipinski definition) is 5. The van der Waals surface area contributed by atoms with Crippen LogP contribution in [0, 0.1) is 11.8 Å². The Labute approximate surface area is 82.2 Å². The maximum atomic E-state index is 5.47. The Hall–Kier alpha value is -1.39. The summed E-state index contributed by atoms with van der Waals surface area (Å²) >= 11 is 0. The molecule has 2 atom stereocenters. The van der Waals surface area contributed by atoms with Gasteiger partial charge in [0.25, 0.3) is 0 Å². The molecule has 0 aliphatic heterocycles. The van der Waals surface area contributed by atoms with Gasteiger partial charge in [-0.25, -0.2) is 9.97 Å². The van der Waals surface area contributed by atoms with E-state index in [4.69, 9.17) is 5.73 Å². The number of rotatable bonds is 2. The highest BCUT2D eigenvalue weighted by molar-refractivity contribution is 5.31. The van der Waals surface area contributed by atoms with Crippen LogP contribution in [0.25, 0.3) is 0 Å². The molecule has 0 amide bonds. The van der Waals surface area contributed by atoms with Gasteiger partial charge in [0.05, 0.1) is 0 Å². The van der Waals surface area contributed by atoms with Gasteiger partial charge < -0.3 is 11.1 Å². The highest BCUT2D eigenvalue weighted by atomic mass is 15.2. The zero-order valence-electron chi connectivity index (χ0n) is 7.85. The molecule has 1 heterocycles. The zero-order chi connectivity index (χ0) is 9.54. The number of fused-ring (bicyclic) bond motifs is 1. The second kappa shape index (κ2) is 2.80. The first kappa shape index (κ1) is 7.96. The van der Waals surface area contributed by atoms with E-state index < -0.39 is 0 Å². The van der Waals surface area contributed by atoms with Gasteiger partial charge in [-0.15, -0.1) is 0 Å². The summed E-state index contributed by atoms with van der Waals surface area (Å²) in [6.45, 7) is 0. The molecule has 0 radical (unpaired) electrons. The Kier molecular flexibility index (Phi) is 1.59. The number of anilines is 2. The Morgan fingerprint density at radius 2 is 2.00 bits per heavy atom. The maximum Gasteiger partial charge on any atom is 0.227 e. The minimum absolute atomic E-state index is 0.283. The molecule has 2 saturated carbocycles. The topological polar surface area (TPSA) is 76.7 Å². The van der Waals surface area contributed by atoms with Crippen molar-refractivity contribution < 1.29 is 0 Å². The van der Waals surface area contributed by atoms with Crippen LogP contribution in [-0.2, 0) is 0 Å². The van der Waals surface area contributed by atoms with Crippen molar-refractivity contribution in [2.45, 2.75) is 25.3 Å². The average Bonchev–Trinajstić information content (AvgIpc) is 2.74. The molecule has 5 nitrogen and oxygen atoms in total. The summed E-state index contributed by atoms with van der Waals surface area (Å²) in [5, 5.41) is 3.30. The molecule has 1 aromatic rings. The van der Waals surface area contributed by atoms with Gasteiger partial charge in [-0.3, -0.25) is 0 Å². The van der Waals surface area contributed by atoms with Crippen molar-refractivity contribution in [1.82, 2.24) is 15.0 Å². The van der Waals surface area contributed by atoms with Crippen molar-refractivity contribution in [1.29, 1.82) is 0 Å². The van der Waals surface area contributed by atoms with Gasteiger partial charge in [0.15, 0.2) is 0 Å². The van der Waals surface area contributed by atoms with Crippen molar-refractivity contribution in [3.05, 3.63) is 6.33 Å². The number of nitrogen functional groups attached to an aromatic ring is 1. The maximum absolute atomic E-state index is 5.47. The quantitative estimate of drug-likeness (QED) is 0.718. The van der Waals surface area contributed by atoms with E-state index in [0.717, 1.165) is 11.8 Å². The molecule has 1 aromatic heterocycles. The van der Waals surface area contributed by atoms with E-state index in [-0.39, 0.29) is 5.95 Å². The van der Waals surface area contributed by atoms with Crippen molar-refractivity contribution in [2.75, 3.05) is 11.1 Å². The monoisotopic (exact) mass is 191 g/mol. The molecular formula is C9H13N5. The summed E-state index contributed by atoms with van der Waals surface area (Å²) in [6, 6.07) is 0.542. The molecule has 5 heteroatoms. The van der Waals surface area contributed by atoms with Crippen LogP contribution in [0.3, 0.4) is 0 Å². The third-order valence-electron chi connectivity index (χ3n) is 3.17. The van der Waals surface area contributed by atoms with Gasteiger partial charge in [0.2, 0.25) is 11.9 Å². The lowest BCUT2D eigenvalue weighted by Crippen LogP contribution is -2.19. The van der Waals surface area contributed by atoms with Gasteiger partial charge in [-0.05, 0) is 31.1 Å². The first-order valence-electron chi connectivity index (χ1n) is 5.02. The highest BCUT2D eigenvalue weighted by Gasteiger charge is 2.45. The van der Waals surface area contributed by atoms with Gasteiger partial charge in [0, 0.05) is 6.04 Å². The normalized spacial score (nSPS) is 33.9. The number of hydrogen-bond donors (Lipinski definition) is 2. The molecule has 3 rings (SSSR count). The Morgan fingerprint density at radius 1 is 1.21 bits per heavy atom. The summed E-state index contributed by atoms with van der Waals surface area (Å²) in [4.78, 5) is 11.8. The third-order valence-corrected chi connectivity index (χ3v) is 3.17. The molecule has 0 bridgehead atoms. The summed E-state index contributed by atoms with van der Waals surface area (Å²) < 4.78 is 0. The minimum atomic E-state index is 0.283. The molecule has 2 aliphatic rings. The van der Waals surface area contributed by atoms with Crippen LogP contribution >= 0.6 is 0 Å². The summed E-state index contributed by atoms with van der Waals surface area (Å²) in [7, 11) is 0. The Morgan fingerprint density at radius 3 is 2.71 bits per heavy atom. The van der Waals surface area contributed by atoms with Gasteiger partial charge in [-0.2, -0.15) is 4.98 Å². The molecule has 3 N–H and O–H groups in total. The van der Waals surface area contributed by atoms with E-state index in [0.29, 0.717) is 12.0 Å². The van der Waals surface area contributed by atoms with Gasteiger partial charge in [-0.1, -0.05) is 0 Å². The second-order valence-electron chi connectivity index (χ2n) is 4.24. The molecule has 0 spiro atoms. The van der Waals surface area contributed by atoms with Crippen LogP contribution in [0.5, 0.6) is 0 Å². The van der Waals surface area contributed by atoms with Crippen LogP contribution in [-0.4, -0.2) is 21.0 Å². The smallest absolute Gasteiger partial charge is 0.227 e. The van der Waals surface area contributed by atoms with E-state index in [1.807, 2.05) is 0 Å². The lowest BCUT2D eigenvalue weighted by Gasteiger charge is -2.13. The number of nitrogens with one attached hydrogen (secondary N) is 1. The molecule has 2 aliphatic carbocycles. The fourth-order valence-corrected chi connectivity index (χ4v) is 2.39. The number of nitrogens with zero attached hydrogens (tertiary/aromatic N) is 3. The summed E-state index contributed by atoms with van der Waals surface area (Å²) in [6.07, 6.45) is 5.39. The second-order valence-corrected chi connectivity index (χ2v) is 4.24. The van der Waals surface area contributed by atoms with Crippen molar-refractivity contribution >= 4 is 11.9 Å². The molecule has 0 aromatic carbocycles. The molecule has 74 valence electrons. The Balaban J connectivity index is 1.66. The lowest BCUT2D eigenvalue weighted by atomic mass is 10.2. The molecular weight excluding hydrogens is 178 g/mol. The number of nitrogens with two attached hydrogens (primary N) is 1. The SMILES string of the molecule is Nc1ncnc(NC2CC3CC3C2)n1. The van der Waals surface area contributed by atoms with E-state index >= 15 is 0 Å². The fourth-order valence-electron chi connectivity index (χ4n) is 2.39. The summed E-state index contributed by atoms with van der Waals surface area (Å²) in [5.41, 5.74) is 5.47. The van der Waals surface area contributed by atoms with E-state index in [1.165, 1.54) is 25.6 Å². The van der Waals surface area contributed by atoms with E-state index in [2.05, 4.69) is 20.3 Å². The molecule has 2 unspecified atom stereocenters. The van der Waals surface area contributed by atoms with E-state index in [1.54, 1.807) is 0 Å². The predicted molar refractivity (Wildman–Crippen MR) is 52.5 cm³/mol. The van der Waals surface area contributed by atoms with Crippen LogP contribution in [0.15, 0.2) is 6.33 Å². The molecule has 14 heavy (non-hydrogen) atoms. The average molecular weight is 191 g/mol. The van der Waals surface area contributed by atoms with Crippen LogP contribution in [0.4, 0.5) is 11.9 Å². The van der Waals surface area contributed by atoms with Crippen LogP contribution in [0.2, 0.25) is 0 Å². The molecule has 2 fully saturated rings. The van der Waals surface area contributed by atoms with Crippen LogP contribution in [0.1, 0.15) is 19.3 Å². The zero-order valence-corrected chi connectivity index (χ0v) is 7.85. The predicted octanol–water partition coefficient (Wildman–Crippen LogP) is 0.664. The first-order valence-corrected chi connectivity index (χ1v) is 5.02. The largest absolute Gasteiger partial charge is 0.368 e. The third kappa shape index (κ3) is 1.38. The lowest BCUT2D eigenvalue weighted by molar-refractivity contribution is 0.645. The van der Waals surface area contributed by atoms with Crippen LogP contribution < -0.4 is 11.1 Å². The highest BCUT2D eigenvalue weighted by Crippen LogP contribution is 2.52. The number of aromatic nitrogens is 3. The van der Waals surface area contributed by atoms with Crippen molar-refractivity contribution in [3.63, 3.8) is 0 Å². The fraction of sp³-hybridized carbons (Fsp3) is 0.667. The Bertz CT molecular complexity index is 343. The van der Waals surface area contributed by atoms with Gasteiger partial charge in [0.1, 0.15) is 6.33 Å². The van der Waals surface area contributed by atoms with Gasteiger partial charge >= 0.3 is 0 Å². The van der Waals surface area contributed by atoms with Crippen molar-refractivity contribution in [3.8, 4) is 0 Å². The van der Waals surface area contributed by atoms with E-state index in [9.17, 15) is 0 Å². The minimum Gasteiger partial charge on any atom is -0.368 e. The molecule has 0 saturated heterocycles. The standard InChI is InChI=1S/C9H13N5/c10-8-11-4-12-9(14-8)13-7-2-5-1-6(5)3-7/h4-7H,1-3H2,(H3,10,11,12,13,14). The summed E-state index contributed by atoms with van der Waals surface area (Å²) in [5.74, 6) is 2.83. The first-order chi connectivity index (χ1) is 6.81.